The van der Waals surface area contributed by atoms with Crippen LogP contribution in [0.1, 0.15) is 19.8 Å². The van der Waals surface area contributed by atoms with Gasteiger partial charge in [0.25, 0.3) is 0 Å². The van der Waals surface area contributed by atoms with Gasteiger partial charge in [0.2, 0.25) is 5.91 Å². The highest BCUT2D eigenvalue weighted by Gasteiger charge is 2.22. The third kappa shape index (κ3) is 5.10. The number of ether oxygens (including phenoxy) is 1. The zero-order valence-corrected chi connectivity index (χ0v) is 18.7. The highest BCUT2D eigenvalue weighted by molar-refractivity contribution is 7.99. The van der Waals surface area contributed by atoms with Crippen LogP contribution in [0.25, 0.3) is 11.0 Å². The first kappa shape index (κ1) is 21.1. The van der Waals surface area contributed by atoms with Crippen LogP contribution in [0.15, 0.2) is 53.7 Å². The maximum Gasteiger partial charge on any atom is 0.242 e. The molecule has 1 fully saturated rings. The summed E-state index contributed by atoms with van der Waals surface area (Å²) in [6, 6.07) is 15.3. The van der Waals surface area contributed by atoms with E-state index in [0.717, 1.165) is 53.6 Å². The molecule has 7 heteroatoms. The number of aromatic nitrogens is 2. The van der Waals surface area contributed by atoms with Crippen LogP contribution in [0.4, 0.5) is 0 Å². The number of carbonyl (C=O) groups is 1. The molecule has 0 aliphatic carbocycles. The van der Waals surface area contributed by atoms with Crippen molar-refractivity contribution in [3.8, 4) is 5.75 Å². The van der Waals surface area contributed by atoms with E-state index in [0.29, 0.717) is 24.1 Å². The Balaban J connectivity index is 1.42. The van der Waals surface area contributed by atoms with E-state index >= 15 is 0 Å². The van der Waals surface area contributed by atoms with Gasteiger partial charge in [0.1, 0.15) is 12.3 Å². The molecule has 0 N–H and O–H groups in total. The summed E-state index contributed by atoms with van der Waals surface area (Å²) in [5, 5.41) is 1.55. The number of benzene rings is 2. The Morgan fingerprint density at radius 3 is 2.67 bits per heavy atom. The largest absolute Gasteiger partial charge is 0.493 e. The van der Waals surface area contributed by atoms with Gasteiger partial charge in [-0.05, 0) is 55.2 Å². The summed E-state index contributed by atoms with van der Waals surface area (Å²) in [6.07, 6.45) is 2.17. The second-order valence-corrected chi connectivity index (χ2v) is 9.18. The summed E-state index contributed by atoms with van der Waals surface area (Å²) in [4.78, 5) is 19.7. The Bertz CT molecular complexity index is 997. The fraction of sp³-hybridized carbons (Fsp3) is 0.391. The van der Waals surface area contributed by atoms with Crippen LogP contribution < -0.4 is 4.74 Å². The lowest BCUT2D eigenvalue weighted by molar-refractivity contribution is -0.133. The summed E-state index contributed by atoms with van der Waals surface area (Å²) in [7, 11) is 0. The number of piperidine rings is 1. The van der Waals surface area contributed by atoms with Crippen molar-refractivity contribution in [2.24, 2.45) is 5.92 Å². The highest BCUT2D eigenvalue weighted by Crippen LogP contribution is 2.25. The van der Waals surface area contributed by atoms with Crippen LogP contribution in [0, 0.1) is 5.92 Å². The molecule has 5 nitrogen and oxygen atoms in total. The first-order chi connectivity index (χ1) is 14.6. The Morgan fingerprint density at radius 1 is 1.17 bits per heavy atom. The summed E-state index contributed by atoms with van der Waals surface area (Å²) < 4.78 is 7.84. The Labute approximate surface area is 186 Å². The number of thioether (sulfide) groups is 1. The maximum absolute atomic E-state index is 12.9. The summed E-state index contributed by atoms with van der Waals surface area (Å²) in [5.41, 5.74) is 1.91. The number of nitrogens with zero attached hydrogens (tertiary/aromatic N) is 3. The Kier molecular flexibility index (Phi) is 6.85. The number of halogens is 1. The summed E-state index contributed by atoms with van der Waals surface area (Å²) in [5.74, 6) is 2.41. The topological polar surface area (TPSA) is 47.4 Å². The number of imidazole rings is 1. The third-order valence-corrected chi connectivity index (χ3v) is 6.64. The molecule has 0 spiro atoms. The molecule has 158 valence electrons. The zero-order chi connectivity index (χ0) is 20.9. The van der Waals surface area contributed by atoms with Crippen molar-refractivity contribution >= 4 is 40.3 Å². The monoisotopic (exact) mass is 443 g/mol. The molecule has 0 unspecified atom stereocenters. The fourth-order valence-corrected chi connectivity index (χ4v) is 4.59. The lowest BCUT2D eigenvalue weighted by Crippen LogP contribution is -2.39. The van der Waals surface area contributed by atoms with Gasteiger partial charge in [0, 0.05) is 23.9 Å². The van der Waals surface area contributed by atoms with Gasteiger partial charge in [-0.15, -0.1) is 0 Å². The number of hydrogen-bond acceptors (Lipinski definition) is 4. The van der Waals surface area contributed by atoms with Gasteiger partial charge in [-0.2, -0.15) is 0 Å². The minimum Gasteiger partial charge on any atom is -0.493 e. The molecule has 0 atom stereocenters. The van der Waals surface area contributed by atoms with Crippen molar-refractivity contribution in [3.05, 3.63) is 53.6 Å². The number of rotatable bonds is 7. The van der Waals surface area contributed by atoms with Gasteiger partial charge >= 0.3 is 0 Å². The van der Waals surface area contributed by atoms with Crippen molar-refractivity contribution < 1.29 is 9.53 Å². The molecule has 0 saturated carbocycles. The second-order valence-electron chi connectivity index (χ2n) is 7.68. The smallest absolute Gasteiger partial charge is 0.242 e. The molecule has 1 aliphatic heterocycles. The lowest BCUT2D eigenvalue weighted by atomic mass is 9.99. The van der Waals surface area contributed by atoms with E-state index < -0.39 is 0 Å². The molecule has 1 amide bonds. The van der Waals surface area contributed by atoms with Crippen molar-refractivity contribution in [2.75, 3.05) is 25.4 Å². The average molecular weight is 444 g/mol. The van der Waals surface area contributed by atoms with Gasteiger partial charge < -0.3 is 14.2 Å². The molecule has 1 aliphatic rings. The van der Waals surface area contributed by atoms with E-state index in [1.165, 1.54) is 0 Å². The van der Waals surface area contributed by atoms with Crippen LogP contribution >= 0.6 is 23.4 Å². The van der Waals surface area contributed by atoms with Crippen LogP contribution in [0.3, 0.4) is 0 Å². The van der Waals surface area contributed by atoms with Gasteiger partial charge in [0.15, 0.2) is 5.16 Å². The lowest BCUT2D eigenvalue weighted by Gasteiger charge is -2.30. The fourth-order valence-electron chi connectivity index (χ4n) is 3.63. The Hall–Kier alpha value is -2.18. The van der Waals surface area contributed by atoms with Crippen LogP contribution in [0.5, 0.6) is 5.75 Å². The average Bonchev–Trinajstić information content (AvgIpc) is 3.10. The second kappa shape index (κ2) is 9.75. The van der Waals surface area contributed by atoms with E-state index in [-0.39, 0.29) is 5.91 Å². The number of fused-ring (bicyclic) bond motifs is 1. The number of para-hydroxylation sites is 2. The molecular formula is C23H26ClN3O2S. The summed E-state index contributed by atoms with van der Waals surface area (Å²) >= 11 is 7.53. The molecule has 3 aromatic rings. The predicted molar refractivity (Wildman–Crippen MR) is 122 cm³/mol. The van der Waals surface area contributed by atoms with E-state index in [4.69, 9.17) is 21.3 Å². The number of carbonyl (C=O) groups excluding carboxylic acids is 1. The minimum atomic E-state index is 0.171. The number of hydrogen-bond donors (Lipinski definition) is 0. The minimum absolute atomic E-state index is 0.171. The van der Waals surface area contributed by atoms with Crippen molar-refractivity contribution in [1.29, 1.82) is 0 Å². The number of likely N-dealkylation sites (tertiary alicyclic amines) is 1. The third-order valence-electron chi connectivity index (χ3n) is 5.45. The molecule has 0 bridgehead atoms. The van der Waals surface area contributed by atoms with E-state index in [9.17, 15) is 4.79 Å². The normalized spacial score (nSPS) is 14.9. The molecule has 1 saturated heterocycles. The molecule has 0 radical (unpaired) electrons. The van der Waals surface area contributed by atoms with Gasteiger partial charge in [-0.25, -0.2) is 4.98 Å². The quantitative estimate of drug-likeness (QED) is 0.375. The van der Waals surface area contributed by atoms with Gasteiger partial charge in [-0.1, -0.05) is 42.4 Å². The van der Waals surface area contributed by atoms with E-state index in [2.05, 4.69) is 6.92 Å². The SMILES string of the molecule is CC1CCN(C(=O)Cn2c(SCCOc3ccc(Cl)cc3)nc3ccccc32)CC1. The summed E-state index contributed by atoms with van der Waals surface area (Å²) in [6.45, 7) is 4.84. The van der Waals surface area contributed by atoms with Gasteiger partial charge in [0.05, 0.1) is 17.6 Å². The predicted octanol–water partition coefficient (Wildman–Crippen LogP) is 5.12. The number of amides is 1. The van der Waals surface area contributed by atoms with Crippen LogP contribution in [-0.4, -0.2) is 45.8 Å². The molecule has 1 aromatic heterocycles. The molecular weight excluding hydrogens is 418 g/mol. The van der Waals surface area contributed by atoms with Crippen molar-refractivity contribution in [1.82, 2.24) is 14.5 Å². The Morgan fingerprint density at radius 2 is 1.90 bits per heavy atom. The zero-order valence-electron chi connectivity index (χ0n) is 17.1. The van der Waals surface area contributed by atoms with Crippen LogP contribution in [0.2, 0.25) is 5.02 Å². The van der Waals surface area contributed by atoms with E-state index in [1.807, 2.05) is 58.0 Å². The van der Waals surface area contributed by atoms with E-state index in [1.54, 1.807) is 11.8 Å². The van der Waals surface area contributed by atoms with Crippen molar-refractivity contribution in [3.63, 3.8) is 0 Å². The molecule has 30 heavy (non-hydrogen) atoms. The highest BCUT2D eigenvalue weighted by atomic mass is 35.5. The maximum atomic E-state index is 12.9. The standard InChI is InChI=1S/C23H26ClN3O2S/c1-17-10-12-26(13-11-17)22(28)16-27-21-5-3-2-4-20(21)25-23(27)30-15-14-29-19-8-6-18(24)7-9-19/h2-9,17H,10-16H2,1H3. The van der Waals surface area contributed by atoms with Crippen LogP contribution in [-0.2, 0) is 11.3 Å². The molecule has 4 rings (SSSR count). The first-order valence-corrected chi connectivity index (χ1v) is 11.7. The first-order valence-electron chi connectivity index (χ1n) is 10.3. The molecule has 2 heterocycles. The van der Waals surface area contributed by atoms with Gasteiger partial charge in [-0.3, -0.25) is 4.79 Å². The molecule has 2 aromatic carbocycles. The van der Waals surface area contributed by atoms with Crippen molar-refractivity contribution in [2.45, 2.75) is 31.5 Å².